The second-order valence-electron chi connectivity index (χ2n) is 6.52. The molecule has 0 bridgehead atoms. The maximum atomic E-state index is 11.9. The number of rotatable bonds is 8. The normalized spacial score (nSPS) is 13.5. The molecule has 142 valence electrons. The van der Waals surface area contributed by atoms with Crippen molar-refractivity contribution in [2.24, 2.45) is 0 Å². The van der Waals surface area contributed by atoms with Crippen LogP contribution in [-0.2, 0) is 11.4 Å². The Hall–Kier alpha value is -3.02. The summed E-state index contributed by atoms with van der Waals surface area (Å²) in [5.74, 6) is 0.967. The number of ether oxygens (including phenoxy) is 1. The summed E-state index contributed by atoms with van der Waals surface area (Å²) in [7, 11) is 0. The summed E-state index contributed by atoms with van der Waals surface area (Å²) >= 11 is 0. The fourth-order valence-electron chi connectivity index (χ4n) is 2.96. The second-order valence-corrected chi connectivity index (χ2v) is 6.52. The lowest BCUT2D eigenvalue weighted by Crippen LogP contribution is -2.32. The van der Waals surface area contributed by atoms with Crippen LogP contribution >= 0.6 is 0 Å². The first-order chi connectivity index (χ1) is 13.2. The molecule has 0 atom stereocenters. The maximum absolute atomic E-state index is 11.9. The van der Waals surface area contributed by atoms with Gasteiger partial charge in [0.1, 0.15) is 12.4 Å². The molecule has 1 fully saturated rings. The molecule has 1 heterocycles. The van der Waals surface area contributed by atoms with E-state index >= 15 is 0 Å². The Morgan fingerprint density at radius 2 is 1.85 bits per heavy atom. The van der Waals surface area contributed by atoms with Crippen LogP contribution in [0.4, 0.5) is 10.5 Å². The number of hydrogen-bond acceptors (Lipinski definition) is 3. The topological polar surface area (TPSA) is 70.7 Å². The molecule has 0 radical (unpaired) electrons. The monoisotopic (exact) mass is 367 g/mol. The van der Waals surface area contributed by atoms with Crippen LogP contribution in [0.25, 0.3) is 0 Å². The SMILES string of the molecule is O=C(NCCCN1CCCC1=O)Nc1ccc(OCc2ccccc2)cc1. The third kappa shape index (κ3) is 6.02. The highest BCUT2D eigenvalue weighted by Crippen LogP contribution is 2.17. The van der Waals surface area contributed by atoms with E-state index < -0.39 is 0 Å². The van der Waals surface area contributed by atoms with Crippen LogP contribution in [0.2, 0.25) is 0 Å². The van der Waals surface area contributed by atoms with Crippen molar-refractivity contribution in [3.05, 3.63) is 60.2 Å². The lowest BCUT2D eigenvalue weighted by molar-refractivity contribution is -0.127. The van der Waals surface area contributed by atoms with Gasteiger partial charge in [0, 0.05) is 31.7 Å². The van der Waals surface area contributed by atoms with E-state index in [-0.39, 0.29) is 11.9 Å². The minimum atomic E-state index is -0.249. The van der Waals surface area contributed by atoms with Crippen LogP contribution in [0.15, 0.2) is 54.6 Å². The third-order valence-electron chi connectivity index (χ3n) is 4.42. The summed E-state index contributed by atoms with van der Waals surface area (Å²) in [5.41, 5.74) is 1.81. The maximum Gasteiger partial charge on any atom is 0.319 e. The summed E-state index contributed by atoms with van der Waals surface area (Å²) in [6.45, 7) is 2.58. The number of anilines is 1. The van der Waals surface area contributed by atoms with Crippen molar-refractivity contribution in [1.82, 2.24) is 10.2 Å². The van der Waals surface area contributed by atoms with Gasteiger partial charge in [0.2, 0.25) is 5.91 Å². The third-order valence-corrected chi connectivity index (χ3v) is 4.42. The molecule has 0 unspecified atom stereocenters. The van der Waals surface area contributed by atoms with Gasteiger partial charge in [-0.15, -0.1) is 0 Å². The lowest BCUT2D eigenvalue weighted by atomic mass is 10.2. The Kier molecular flexibility index (Phi) is 6.68. The molecule has 2 aromatic rings. The van der Waals surface area contributed by atoms with E-state index in [1.165, 1.54) is 0 Å². The number of urea groups is 1. The van der Waals surface area contributed by atoms with Gasteiger partial charge < -0.3 is 20.3 Å². The fraction of sp³-hybridized carbons (Fsp3) is 0.333. The predicted octanol–water partition coefficient (Wildman–Crippen LogP) is 3.40. The molecule has 2 aromatic carbocycles. The summed E-state index contributed by atoms with van der Waals surface area (Å²) < 4.78 is 5.73. The number of carbonyl (C=O) groups is 2. The zero-order valence-corrected chi connectivity index (χ0v) is 15.3. The molecule has 0 aliphatic carbocycles. The number of nitrogens with one attached hydrogen (secondary N) is 2. The fourth-order valence-corrected chi connectivity index (χ4v) is 2.96. The highest BCUT2D eigenvalue weighted by molar-refractivity contribution is 5.89. The summed E-state index contributed by atoms with van der Waals surface area (Å²) in [5, 5.41) is 5.61. The first kappa shape index (κ1) is 18.8. The molecule has 2 N–H and O–H groups in total. The van der Waals surface area contributed by atoms with Crippen LogP contribution < -0.4 is 15.4 Å². The first-order valence-electron chi connectivity index (χ1n) is 9.30. The minimum Gasteiger partial charge on any atom is -0.489 e. The van der Waals surface area contributed by atoms with Gasteiger partial charge in [0.15, 0.2) is 0 Å². The van der Waals surface area contributed by atoms with Crippen molar-refractivity contribution in [2.75, 3.05) is 25.0 Å². The van der Waals surface area contributed by atoms with Crippen LogP contribution in [0.5, 0.6) is 5.75 Å². The molecule has 0 aromatic heterocycles. The molecule has 1 aliphatic rings. The van der Waals surface area contributed by atoms with E-state index in [2.05, 4.69) is 10.6 Å². The largest absolute Gasteiger partial charge is 0.489 e. The Labute approximate surface area is 159 Å². The Morgan fingerprint density at radius 3 is 2.56 bits per heavy atom. The van der Waals surface area contributed by atoms with Gasteiger partial charge in [0.05, 0.1) is 0 Å². The molecule has 1 aliphatic heterocycles. The molecule has 6 heteroatoms. The van der Waals surface area contributed by atoms with Gasteiger partial charge in [-0.1, -0.05) is 30.3 Å². The Bertz CT molecular complexity index is 747. The van der Waals surface area contributed by atoms with Crippen molar-refractivity contribution in [1.29, 1.82) is 0 Å². The van der Waals surface area contributed by atoms with Gasteiger partial charge in [-0.2, -0.15) is 0 Å². The second kappa shape index (κ2) is 9.62. The molecule has 3 amide bonds. The zero-order chi connectivity index (χ0) is 18.9. The van der Waals surface area contributed by atoms with Gasteiger partial charge in [-0.3, -0.25) is 4.79 Å². The highest BCUT2D eigenvalue weighted by atomic mass is 16.5. The number of benzene rings is 2. The zero-order valence-electron chi connectivity index (χ0n) is 15.3. The van der Waals surface area contributed by atoms with Crippen LogP contribution in [0.1, 0.15) is 24.8 Å². The van der Waals surface area contributed by atoms with Crippen LogP contribution in [0.3, 0.4) is 0 Å². The van der Waals surface area contributed by atoms with Crippen LogP contribution in [-0.4, -0.2) is 36.5 Å². The number of hydrogen-bond donors (Lipinski definition) is 2. The quantitative estimate of drug-likeness (QED) is 0.703. The van der Waals surface area contributed by atoms with Gasteiger partial charge in [0.25, 0.3) is 0 Å². The standard InChI is InChI=1S/C21H25N3O3/c25-20-8-4-14-24(20)15-5-13-22-21(26)23-18-9-11-19(12-10-18)27-16-17-6-2-1-3-7-17/h1-3,6-7,9-12H,4-5,8,13-16H2,(H2,22,23,26). The Morgan fingerprint density at radius 1 is 1.07 bits per heavy atom. The first-order valence-corrected chi connectivity index (χ1v) is 9.30. The molecule has 1 saturated heterocycles. The van der Waals surface area contributed by atoms with Crippen molar-refractivity contribution in [3.8, 4) is 5.75 Å². The van der Waals surface area contributed by atoms with Crippen molar-refractivity contribution in [3.63, 3.8) is 0 Å². The molecular weight excluding hydrogens is 342 g/mol. The Balaban J connectivity index is 1.35. The number of nitrogens with zero attached hydrogens (tertiary/aromatic N) is 1. The van der Waals surface area contributed by atoms with E-state index in [0.29, 0.717) is 31.8 Å². The average Bonchev–Trinajstić information content (AvgIpc) is 3.10. The molecule has 0 spiro atoms. The highest BCUT2D eigenvalue weighted by Gasteiger charge is 2.18. The summed E-state index contributed by atoms with van der Waals surface area (Å²) in [4.78, 5) is 25.3. The van der Waals surface area contributed by atoms with E-state index in [4.69, 9.17) is 4.74 Å². The summed E-state index contributed by atoms with van der Waals surface area (Å²) in [6, 6.07) is 17.0. The number of amides is 3. The smallest absolute Gasteiger partial charge is 0.319 e. The van der Waals surface area contributed by atoms with E-state index in [1.807, 2.05) is 59.5 Å². The van der Waals surface area contributed by atoms with E-state index in [9.17, 15) is 9.59 Å². The van der Waals surface area contributed by atoms with E-state index in [1.54, 1.807) is 0 Å². The van der Waals surface area contributed by atoms with Gasteiger partial charge in [-0.05, 0) is 42.7 Å². The van der Waals surface area contributed by atoms with Crippen LogP contribution in [0, 0.1) is 0 Å². The van der Waals surface area contributed by atoms with E-state index in [0.717, 1.165) is 30.7 Å². The molecule has 0 saturated carbocycles. The van der Waals surface area contributed by atoms with Crippen molar-refractivity contribution < 1.29 is 14.3 Å². The minimum absolute atomic E-state index is 0.217. The number of carbonyl (C=O) groups excluding carboxylic acids is 2. The predicted molar refractivity (Wildman–Crippen MR) is 105 cm³/mol. The lowest BCUT2D eigenvalue weighted by Gasteiger charge is -2.15. The molecule has 27 heavy (non-hydrogen) atoms. The van der Waals surface area contributed by atoms with Gasteiger partial charge >= 0.3 is 6.03 Å². The molecule has 3 rings (SSSR count). The average molecular weight is 367 g/mol. The molecule has 6 nitrogen and oxygen atoms in total. The number of likely N-dealkylation sites (tertiary alicyclic amines) is 1. The van der Waals surface area contributed by atoms with Crippen molar-refractivity contribution in [2.45, 2.75) is 25.9 Å². The van der Waals surface area contributed by atoms with Crippen molar-refractivity contribution >= 4 is 17.6 Å². The molecular formula is C21H25N3O3. The summed E-state index contributed by atoms with van der Waals surface area (Å²) in [6.07, 6.45) is 2.35. The van der Waals surface area contributed by atoms with Gasteiger partial charge in [-0.25, -0.2) is 4.79 Å².